The van der Waals surface area contributed by atoms with Crippen LogP contribution >= 0.6 is 0 Å². The number of carbonyl (C=O) groups is 1. The van der Waals surface area contributed by atoms with Crippen LogP contribution in [0.5, 0.6) is 0 Å². The van der Waals surface area contributed by atoms with Crippen molar-refractivity contribution in [3.8, 4) is 0 Å². The molecular weight excluding hydrogens is 240 g/mol. The molecule has 0 radical (unpaired) electrons. The van der Waals surface area contributed by atoms with Crippen LogP contribution in [0.4, 0.5) is 0 Å². The van der Waals surface area contributed by atoms with Crippen LogP contribution in [0.3, 0.4) is 0 Å². The Morgan fingerprint density at radius 2 is 2.16 bits per heavy atom. The van der Waals surface area contributed by atoms with Gasteiger partial charge in [-0.1, -0.05) is 32.8 Å². The lowest BCUT2D eigenvalue weighted by atomic mass is 10.1. The first-order chi connectivity index (χ1) is 9.08. The first-order valence-electron chi connectivity index (χ1n) is 6.97. The quantitative estimate of drug-likeness (QED) is 0.784. The van der Waals surface area contributed by atoms with E-state index in [0.717, 1.165) is 30.8 Å². The fourth-order valence-electron chi connectivity index (χ4n) is 2.20. The molecule has 0 fully saturated rings. The van der Waals surface area contributed by atoms with Gasteiger partial charge in [0.05, 0.1) is 5.69 Å². The highest BCUT2D eigenvalue weighted by Gasteiger charge is 2.24. The highest BCUT2D eigenvalue weighted by atomic mass is 16.4. The third kappa shape index (κ3) is 4.99. The van der Waals surface area contributed by atoms with E-state index in [1.807, 2.05) is 36.9 Å². The predicted molar refractivity (Wildman–Crippen MR) is 76.0 cm³/mol. The van der Waals surface area contributed by atoms with Crippen molar-refractivity contribution in [2.24, 2.45) is 0 Å². The van der Waals surface area contributed by atoms with E-state index in [9.17, 15) is 9.90 Å². The first kappa shape index (κ1) is 15.6. The normalized spacial score (nSPS) is 12.6. The lowest BCUT2D eigenvalue weighted by molar-refractivity contribution is -0.143. The Bertz CT molecular complexity index is 407. The van der Waals surface area contributed by atoms with Crippen LogP contribution in [0.15, 0.2) is 18.2 Å². The molecule has 1 rings (SSSR count). The van der Waals surface area contributed by atoms with Gasteiger partial charge in [-0.05, 0) is 32.0 Å². The predicted octanol–water partition coefficient (Wildman–Crippen LogP) is 2.86. The monoisotopic (exact) mass is 264 g/mol. The van der Waals surface area contributed by atoms with Crippen LogP contribution < -0.4 is 0 Å². The molecule has 0 aromatic carbocycles. The number of aromatic nitrogens is 1. The summed E-state index contributed by atoms with van der Waals surface area (Å²) >= 11 is 0. The van der Waals surface area contributed by atoms with Crippen molar-refractivity contribution in [1.82, 2.24) is 9.88 Å². The summed E-state index contributed by atoms with van der Waals surface area (Å²) in [6.45, 7) is 7.34. The molecule has 19 heavy (non-hydrogen) atoms. The average Bonchev–Trinajstić information content (AvgIpc) is 2.37. The molecule has 0 amide bonds. The van der Waals surface area contributed by atoms with Crippen molar-refractivity contribution in [3.05, 3.63) is 29.6 Å². The molecule has 1 aromatic rings. The molecule has 1 N–H and O–H groups in total. The Labute approximate surface area is 115 Å². The number of carboxylic acid groups (broad SMARTS) is 1. The Kier molecular flexibility index (Phi) is 6.50. The number of carboxylic acids is 1. The summed E-state index contributed by atoms with van der Waals surface area (Å²) < 4.78 is 0. The molecule has 4 nitrogen and oxygen atoms in total. The number of aliphatic carboxylic acids is 1. The highest BCUT2D eigenvalue weighted by molar-refractivity contribution is 5.73. The zero-order valence-corrected chi connectivity index (χ0v) is 12.1. The number of likely N-dealkylation sites (N-methyl/N-ethyl adjacent to an activating group) is 1. The minimum Gasteiger partial charge on any atom is -0.480 e. The lowest BCUT2D eigenvalue weighted by Gasteiger charge is -2.27. The summed E-state index contributed by atoms with van der Waals surface area (Å²) in [5.41, 5.74) is 1.90. The molecule has 1 unspecified atom stereocenters. The van der Waals surface area contributed by atoms with E-state index in [1.165, 1.54) is 0 Å². The third-order valence-electron chi connectivity index (χ3n) is 3.27. The Balaban J connectivity index is 2.76. The van der Waals surface area contributed by atoms with Gasteiger partial charge in [-0.2, -0.15) is 0 Å². The van der Waals surface area contributed by atoms with Crippen molar-refractivity contribution in [2.75, 3.05) is 6.54 Å². The number of hydrogen-bond donors (Lipinski definition) is 1. The van der Waals surface area contributed by atoms with Crippen LogP contribution in [0.2, 0.25) is 0 Å². The molecule has 4 heteroatoms. The van der Waals surface area contributed by atoms with Gasteiger partial charge in [-0.15, -0.1) is 0 Å². The molecular formula is C15H24N2O2. The number of unbranched alkanes of at least 4 members (excludes halogenated alkanes) is 1. The van der Waals surface area contributed by atoms with E-state index in [0.29, 0.717) is 13.0 Å². The van der Waals surface area contributed by atoms with E-state index >= 15 is 0 Å². The summed E-state index contributed by atoms with van der Waals surface area (Å²) in [7, 11) is 0. The first-order valence-corrected chi connectivity index (χ1v) is 6.97. The number of aryl methyl sites for hydroxylation is 1. The van der Waals surface area contributed by atoms with E-state index in [-0.39, 0.29) is 0 Å². The van der Waals surface area contributed by atoms with Crippen molar-refractivity contribution in [1.29, 1.82) is 0 Å². The molecule has 0 aliphatic carbocycles. The zero-order chi connectivity index (χ0) is 14.3. The largest absolute Gasteiger partial charge is 0.480 e. The van der Waals surface area contributed by atoms with Crippen molar-refractivity contribution < 1.29 is 9.90 Å². The maximum Gasteiger partial charge on any atom is 0.320 e. The molecule has 0 aliphatic rings. The molecule has 0 saturated carbocycles. The van der Waals surface area contributed by atoms with Gasteiger partial charge in [0.1, 0.15) is 6.04 Å². The van der Waals surface area contributed by atoms with Gasteiger partial charge in [-0.3, -0.25) is 14.7 Å². The second kappa shape index (κ2) is 7.89. The van der Waals surface area contributed by atoms with Gasteiger partial charge < -0.3 is 5.11 Å². The van der Waals surface area contributed by atoms with Gasteiger partial charge in [-0.25, -0.2) is 0 Å². The Hall–Kier alpha value is -1.42. The van der Waals surface area contributed by atoms with Gasteiger partial charge >= 0.3 is 5.97 Å². The van der Waals surface area contributed by atoms with Crippen LogP contribution in [-0.4, -0.2) is 33.5 Å². The van der Waals surface area contributed by atoms with Crippen LogP contribution in [-0.2, 0) is 11.3 Å². The minimum atomic E-state index is -0.733. The maximum atomic E-state index is 11.4. The van der Waals surface area contributed by atoms with E-state index in [4.69, 9.17) is 0 Å². The number of rotatable bonds is 8. The molecule has 0 spiro atoms. The zero-order valence-electron chi connectivity index (χ0n) is 12.1. The fourth-order valence-corrected chi connectivity index (χ4v) is 2.20. The minimum absolute atomic E-state index is 0.410. The molecule has 1 heterocycles. The Morgan fingerprint density at radius 1 is 1.42 bits per heavy atom. The Morgan fingerprint density at radius 3 is 2.68 bits per heavy atom. The summed E-state index contributed by atoms with van der Waals surface area (Å²) in [6, 6.07) is 5.46. The average molecular weight is 264 g/mol. The number of pyridine rings is 1. The standard InChI is InChI=1S/C15H24N2O2/c1-4-6-10-14(15(18)19)17(5-2)11-13-9-7-8-12(3)16-13/h7-9,14H,4-6,10-11H2,1-3H3,(H,18,19). The van der Waals surface area contributed by atoms with Gasteiger partial charge in [0.2, 0.25) is 0 Å². The van der Waals surface area contributed by atoms with E-state index in [1.54, 1.807) is 0 Å². The van der Waals surface area contributed by atoms with Gasteiger partial charge in [0.15, 0.2) is 0 Å². The third-order valence-corrected chi connectivity index (χ3v) is 3.27. The summed E-state index contributed by atoms with van der Waals surface area (Å²) in [5.74, 6) is -0.733. The molecule has 0 aliphatic heterocycles. The number of nitrogens with zero attached hydrogens (tertiary/aromatic N) is 2. The van der Waals surface area contributed by atoms with Crippen molar-refractivity contribution >= 4 is 5.97 Å². The summed E-state index contributed by atoms with van der Waals surface area (Å²) in [6.07, 6.45) is 2.66. The van der Waals surface area contributed by atoms with Gasteiger partial charge in [0, 0.05) is 12.2 Å². The molecule has 0 saturated heterocycles. The van der Waals surface area contributed by atoms with Crippen LogP contribution in [0.1, 0.15) is 44.5 Å². The second-order valence-corrected chi connectivity index (χ2v) is 4.83. The maximum absolute atomic E-state index is 11.4. The van der Waals surface area contributed by atoms with Crippen LogP contribution in [0.25, 0.3) is 0 Å². The molecule has 1 aromatic heterocycles. The topological polar surface area (TPSA) is 53.4 Å². The van der Waals surface area contributed by atoms with Gasteiger partial charge in [0.25, 0.3) is 0 Å². The lowest BCUT2D eigenvalue weighted by Crippen LogP contribution is -2.40. The van der Waals surface area contributed by atoms with E-state index < -0.39 is 12.0 Å². The van der Waals surface area contributed by atoms with Crippen molar-refractivity contribution in [3.63, 3.8) is 0 Å². The molecule has 1 atom stereocenters. The SMILES string of the molecule is CCCCC(C(=O)O)N(CC)Cc1cccc(C)n1. The molecule has 0 bridgehead atoms. The second-order valence-electron chi connectivity index (χ2n) is 4.83. The summed E-state index contributed by atoms with van der Waals surface area (Å²) in [5, 5.41) is 9.37. The molecule has 106 valence electrons. The summed E-state index contributed by atoms with van der Waals surface area (Å²) in [4.78, 5) is 17.8. The number of hydrogen-bond acceptors (Lipinski definition) is 3. The van der Waals surface area contributed by atoms with Crippen LogP contribution in [0, 0.1) is 6.92 Å². The smallest absolute Gasteiger partial charge is 0.320 e. The highest BCUT2D eigenvalue weighted by Crippen LogP contribution is 2.13. The van der Waals surface area contributed by atoms with E-state index in [2.05, 4.69) is 11.9 Å². The fraction of sp³-hybridized carbons (Fsp3) is 0.600. The van der Waals surface area contributed by atoms with Crippen molar-refractivity contribution in [2.45, 2.75) is 52.6 Å².